The van der Waals surface area contributed by atoms with Crippen LogP contribution in [0.4, 0.5) is 5.69 Å². The zero-order valence-corrected chi connectivity index (χ0v) is 11.7. The van der Waals surface area contributed by atoms with Crippen molar-refractivity contribution in [3.05, 3.63) is 23.8 Å². The molecule has 0 aliphatic carbocycles. The summed E-state index contributed by atoms with van der Waals surface area (Å²) in [6, 6.07) is 4.97. The second-order valence-electron chi connectivity index (χ2n) is 4.41. The summed E-state index contributed by atoms with van der Waals surface area (Å²) in [5.41, 5.74) is 7.52. The molecule has 1 rings (SSSR count). The Morgan fingerprint density at radius 3 is 2.74 bits per heavy atom. The Kier molecular flexibility index (Phi) is 6.32. The molecular formula is C14H22N2O3. The number of nitrogens with two attached hydrogens (primary N) is 1. The first-order valence-electron chi connectivity index (χ1n) is 6.28. The van der Waals surface area contributed by atoms with Gasteiger partial charge in [0, 0.05) is 19.4 Å². The van der Waals surface area contributed by atoms with E-state index >= 15 is 0 Å². The number of aryl methyl sites for hydroxylation is 1. The van der Waals surface area contributed by atoms with Crippen LogP contribution in [-0.2, 0) is 9.53 Å². The average molecular weight is 266 g/mol. The molecule has 1 aromatic rings. The van der Waals surface area contributed by atoms with Crippen molar-refractivity contribution in [2.24, 2.45) is 5.73 Å². The van der Waals surface area contributed by atoms with Crippen molar-refractivity contribution >= 4 is 11.6 Å². The van der Waals surface area contributed by atoms with Gasteiger partial charge in [-0.1, -0.05) is 0 Å². The number of methoxy groups -OCH3 is 2. The summed E-state index contributed by atoms with van der Waals surface area (Å²) < 4.78 is 10.1. The van der Waals surface area contributed by atoms with Gasteiger partial charge in [0.2, 0.25) is 5.91 Å². The summed E-state index contributed by atoms with van der Waals surface area (Å²) in [6.45, 7) is 2.52. The van der Waals surface area contributed by atoms with E-state index in [4.69, 9.17) is 15.2 Å². The molecule has 5 nitrogen and oxygen atoms in total. The van der Waals surface area contributed by atoms with Crippen molar-refractivity contribution in [2.75, 3.05) is 26.1 Å². The highest BCUT2D eigenvalue weighted by Crippen LogP contribution is 2.21. The van der Waals surface area contributed by atoms with E-state index in [1.54, 1.807) is 20.3 Å². The van der Waals surface area contributed by atoms with Gasteiger partial charge in [-0.3, -0.25) is 4.79 Å². The van der Waals surface area contributed by atoms with Gasteiger partial charge in [0.15, 0.2) is 0 Å². The van der Waals surface area contributed by atoms with Crippen LogP contribution in [-0.4, -0.2) is 32.8 Å². The molecule has 0 aliphatic heterocycles. The predicted molar refractivity (Wildman–Crippen MR) is 75.4 cm³/mol. The quantitative estimate of drug-likeness (QED) is 0.737. The second kappa shape index (κ2) is 7.76. The maximum atomic E-state index is 11.9. The highest BCUT2D eigenvalue weighted by Gasteiger charge is 2.14. The van der Waals surface area contributed by atoms with Gasteiger partial charge in [-0.15, -0.1) is 0 Å². The van der Waals surface area contributed by atoms with Crippen molar-refractivity contribution in [2.45, 2.75) is 25.8 Å². The van der Waals surface area contributed by atoms with Crippen LogP contribution in [0, 0.1) is 6.92 Å². The number of ether oxygens (including phenoxy) is 2. The van der Waals surface area contributed by atoms with E-state index in [1.807, 2.05) is 19.1 Å². The molecule has 3 N–H and O–H groups in total. The fraction of sp³-hybridized carbons (Fsp3) is 0.500. The maximum absolute atomic E-state index is 11.9. The Morgan fingerprint density at radius 1 is 1.42 bits per heavy atom. The van der Waals surface area contributed by atoms with Crippen molar-refractivity contribution in [3.63, 3.8) is 0 Å². The lowest BCUT2D eigenvalue weighted by atomic mass is 10.1. The zero-order chi connectivity index (χ0) is 14.3. The molecular weight excluding hydrogens is 244 g/mol. The molecule has 0 saturated heterocycles. The Morgan fingerprint density at radius 2 is 2.16 bits per heavy atom. The lowest BCUT2D eigenvalue weighted by molar-refractivity contribution is -0.117. The molecule has 1 aromatic carbocycles. The van der Waals surface area contributed by atoms with Crippen LogP contribution >= 0.6 is 0 Å². The molecule has 0 aromatic heterocycles. The third kappa shape index (κ3) is 4.89. The molecule has 5 heteroatoms. The first kappa shape index (κ1) is 15.5. The number of benzene rings is 1. The van der Waals surface area contributed by atoms with Crippen molar-refractivity contribution in [1.82, 2.24) is 0 Å². The number of amides is 1. The van der Waals surface area contributed by atoms with Gasteiger partial charge in [0.1, 0.15) is 5.75 Å². The fourth-order valence-electron chi connectivity index (χ4n) is 1.71. The van der Waals surface area contributed by atoms with Crippen LogP contribution in [0.1, 0.15) is 18.4 Å². The van der Waals surface area contributed by atoms with E-state index in [1.165, 1.54) is 0 Å². The molecule has 0 spiro atoms. The monoisotopic (exact) mass is 266 g/mol. The van der Waals surface area contributed by atoms with E-state index in [0.717, 1.165) is 23.4 Å². The number of anilines is 1. The minimum atomic E-state index is -0.517. The third-order valence-corrected chi connectivity index (χ3v) is 2.89. The van der Waals surface area contributed by atoms with Gasteiger partial charge in [-0.25, -0.2) is 0 Å². The van der Waals surface area contributed by atoms with Crippen LogP contribution in [0.5, 0.6) is 5.75 Å². The van der Waals surface area contributed by atoms with Gasteiger partial charge in [-0.05, 0) is 43.5 Å². The number of hydrogen-bond donors (Lipinski definition) is 2. The molecule has 19 heavy (non-hydrogen) atoms. The van der Waals surface area contributed by atoms with Crippen molar-refractivity contribution in [1.29, 1.82) is 0 Å². The maximum Gasteiger partial charge on any atom is 0.241 e. The van der Waals surface area contributed by atoms with Gasteiger partial charge < -0.3 is 20.5 Å². The molecule has 0 radical (unpaired) electrons. The van der Waals surface area contributed by atoms with Crippen LogP contribution in [0.15, 0.2) is 18.2 Å². The molecule has 0 aliphatic rings. The Labute approximate surface area is 114 Å². The number of rotatable bonds is 7. The Balaban J connectivity index is 2.56. The SMILES string of the molecule is COCCCC(N)C(=O)Nc1ccc(OC)cc1C. The Bertz CT molecular complexity index is 421. The standard InChI is InChI=1S/C14H22N2O3/c1-10-9-11(19-3)6-7-13(10)16-14(17)12(15)5-4-8-18-2/h6-7,9,12H,4-5,8,15H2,1-3H3,(H,16,17). The van der Waals surface area contributed by atoms with Crippen molar-refractivity contribution < 1.29 is 14.3 Å². The minimum absolute atomic E-state index is 0.177. The summed E-state index contributed by atoms with van der Waals surface area (Å²) in [6.07, 6.45) is 1.38. The van der Waals surface area contributed by atoms with E-state index in [9.17, 15) is 4.79 Å². The first-order chi connectivity index (χ1) is 9.08. The minimum Gasteiger partial charge on any atom is -0.497 e. The van der Waals surface area contributed by atoms with Gasteiger partial charge in [0.25, 0.3) is 0 Å². The summed E-state index contributed by atoms with van der Waals surface area (Å²) in [4.78, 5) is 11.9. The van der Waals surface area contributed by atoms with Gasteiger partial charge in [0.05, 0.1) is 13.2 Å². The van der Waals surface area contributed by atoms with E-state index in [-0.39, 0.29) is 5.91 Å². The number of hydrogen-bond acceptors (Lipinski definition) is 4. The normalized spacial score (nSPS) is 12.0. The summed E-state index contributed by atoms with van der Waals surface area (Å²) in [5.74, 6) is 0.587. The van der Waals surface area contributed by atoms with Gasteiger partial charge >= 0.3 is 0 Å². The molecule has 0 fully saturated rings. The smallest absolute Gasteiger partial charge is 0.241 e. The lowest BCUT2D eigenvalue weighted by Gasteiger charge is -2.14. The summed E-state index contributed by atoms with van der Waals surface area (Å²) in [7, 11) is 3.24. The highest BCUT2D eigenvalue weighted by molar-refractivity contribution is 5.95. The zero-order valence-electron chi connectivity index (χ0n) is 11.7. The van der Waals surface area contributed by atoms with E-state index < -0.39 is 6.04 Å². The van der Waals surface area contributed by atoms with Crippen LogP contribution in [0.25, 0.3) is 0 Å². The van der Waals surface area contributed by atoms with Gasteiger partial charge in [-0.2, -0.15) is 0 Å². The molecule has 106 valence electrons. The van der Waals surface area contributed by atoms with E-state index in [2.05, 4.69) is 5.32 Å². The molecule has 0 heterocycles. The van der Waals surface area contributed by atoms with Crippen LogP contribution < -0.4 is 15.8 Å². The fourth-order valence-corrected chi connectivity index (χ4v) is 1.71. The predicted octanol–water partition coefficient (Wildman–Crippen LogP) is 1.70. The van der Waals surface area contributed by atoms with Crippen LogP contribution in [0.2, 0.25) is 0 Å². The largest absolute Gasteiger partial charge is 0.497 e. The number of carbonyl (C=O) groups is 1. The number of nitrogens with one attached hydrogen (secondary N) is 1. The van der Waals surface area contributed by atoms with Crippen LogP contribution in [0.3, 0.4) is 0 Å². The Hall–Kier alpha value is -1.59. The first-order valence-corrected chi connectivity index (χ1v) is 6.28. The molecule has 1 atom stereocenters. The molecule has 0 saturated carbocycles. The second-order valence-corrected chi connectivity index (χ2v) is 4.41. The average Bonchev–Trinajstić information content (AvgIpc) is 2.41. The summed E-state index contributed by atoms with van der Waals surface area (Å²) in [5, 5.41) is 2.83. The van der Waals surface area contributed by atoms with E-state index in [0.29, 0.717) is 13.0 Å². The lowest BCUT2D eigenvalue weighted by Crippen LogP contribution is -2.35. The molecule has 1 amide bonds. The van der Waals surface area contributed by atoms with Crippen molar-refractivity contribution in [3.8, 4) is 5.75 Å². The molecule has 0 bridgehead atoms. The summed E-state index contributed by atoms with van der Waals surface area (Å²) >= 11 is 0. The third-order valence-electron chi connectivity index (χ3n) is 2.89. The highest BCUT2D eigenvalue weighted by atomic mass is 16.5. The topological polar surface area (TPSA) is 73.6 Å². The molecule has 1 unspecified atom stereocenters. The number of carbonyl (C=O) groups excluding carboxylic acids is 1.